The average Bonchev–Trinajstić information content (AvgIpc) is 2.01. The van der Waals surface area contributed by atoms with Crippen LogP contribution in [0.2, 0.25) is 5.02 Å². The minimum Gasteiger partial charge on any atom is -0.398 e. The van der Waals surface area contributed by atoms with Gasteiger partial charge in [-0.3, -0.25) is 4.55 Å². The number of anilines is 1. The van der Waals surface area contributed by atoms with E-state index in [1.165, 1.54) is 12.1 Å². The number of benzene rings is 1. The summed E-state index contributed by atoms with van der Waals surface area (Å²) in [5.41, 5.74) is 6.23. The van der Waals surface area contributed by atoms with E-state index in [4.69, 9.17) is 21.9 Å². The van der Waals surface area contributed by atoms with Gasteiger partial charge in [0.1, 0.15) is 4.90 Å². The Labute approximate surface area is 87.4 Å². The highest BCUT2D eigenvalue weighted by atomic mass is 35.5. The molecule has 6 heteroatoms. The summed E-state index contributed by atoms with van der Waals surface area (Å²) in [6.45, 7) is 1.74. The minimum atomic E-state index is -4.26. The summed E-state index contributed by atoms with van der Waals surface area (Å²) in [7, 11) is -4.26. The lowest BCUT2D eigenvalue weighted by molar-refractivity contribution is 0.482. The molecule has 0 radical (unpaired) electrons. The molecule has 1 aromatic rings. The third-order valence-corrected chi connectivity index (χ3v) is 2.98. The maximum Gasteiger partial charge on any atom is 0.294 e. The zero-order valence-corrected chi connectivity index (χ0v) is 9.06. The number of halogens is 1. The molecular formula is C8H10ClNO3S. The highest BCUT2D eigenvalue weighted by Crippen LogP contribution is 2.26. The lowest BCUT2D eigenvalue weighted by Gasteiger charge is -2.08. The van der Waals surface area contributed by atoms with Gasteiger partial charge >= 0.3 is 0 Å². The zero-order chi connectivity index (χ0) is 10.9. The highest BCUT2D eigenvalue weighted by Gasteiger charge is 2.17. The second kappa shape index (κ2) is 3.76. The normalized spacial score (nSPS) is 11.6. The van der Waals surface area contributed by atoms with Crippen LogP contribution < -0.4 is 5.73 Å². The summed E-state index contributed by atoms with van der Waals surface area (Å²) >= 11 is 5.63. The quantitative estimate of drug-likeness (QED) is 0.604. The van der Waals surface area contributed by atoms with E-state index in [1.807, 2.05) is 0 Å². The van der Waals surface area contributed by atoms with Crippen molar-refractivity contribution >= 4 is 27.4 Å². The molecule has 0 unspecified atom stereocenters. The van der Waals surface area contributed by atoms with Gasteiger partial charge in [-0.05, 0) is 24.1 Å². The van der Waals surface area contributed by atoms with Crippen molar-refractivity contribution in [1.29, 1.82) is 0 Å². The predicted octanol–water partition coefficient (Wildman–Crippen LogP) is 1.73. The van der Waals surface area contributed by atoms with Crippen LogP contribution in [-0.2, 0) is 16.5 Å². The average molecular weight is 236 g/mol. The molecule has 0 aromatic heterocycles. The minimum absolute atomic E-state index is 0.187. The van der Waals surface area contributed by atoms with Gasteiger partial charge in [0.25, 0.3) is 10.1 Å². The fraction of sp³-hybridized carbons (Fsp3) is 0.250. The first-order valence-corrected chi connectivity index (χ1v) is 5.73. The fourth-order valence-corrected chi connectivity index (χ4v) is 2.38. The van der Waals surface area contributed by atoms with Crippen molar-refractivity contribution in [2.24, 2.45) is 0 Å². The van der Waals surface area contributed by atoms with Gasteiger partial charge in [-0.25, -0.2) is 0 Å². The maximum absolute atomic E-state index is 11.0. The Bertz CT molecular complexity index is 456. The SMILES string of the molecule is CCc1c(N)cc(Cl)cc1S(=O)(=O)O. The second-order valence-electron chi connectivity index (χ2n) is 2.80. The summed E-state index contributed by atoms with van der Waals surface area (Å²) in [5, 5.41) is 0.187. The molecule has 0 saturated carbocycles. The molecule has 0 atom stereocenters. The fourth-order valence-electron chi connectivity index (χ4n) is 1.24. The van der Waals surface area contributed by atoms with Gasteiger partial charge < -0.3 is 5.73 Å². The molecule has 0 bridgehead atoms. The van der Waals surface area contributed by atoms with Gasteiger partial charge in [-0.15, -0.1) is 0 Å². The van der Waals surface area contributed by atoms with Gasteiger partial charge in [-0.2, -0.15) is 8.42 Å². The van der Waals surface area contributed by atoms with Crippen molar-refractivity contribution in [2.75, 3.05) is 5.73 Å². The molecule has 0 spiro atoms. The molecule has 0 fully saturated rings. The van der Waals surface area contributed by atoms with Gasteiger partial charge in [0.2, 0.25) is 0 Å². The number of hydrogen-bond acceptors (Lipinski definition) is 3. The van der Waals surface area contributed by atoms with Crippen LogP contribution in [0.3, 0.4) is 0 Å². The standard InChI is InChI=1S/C8H10ClNO3S/c1-2-6-7(10)3-5(9)4-8(6)14(11,12)13/h3-4H,2,10H2,1H3,(H,11,12,13). The van der Waals surface area contributed by atoms with Crippen molar-refractivity contribution in [3.05, 3.63) is 22.7 Å². The lowest BCUT2D eigenvalue weighted by Crippen LogP contribution is -2.05. The van der Waals surface area contributed by atoms with E-state index in [-0.39, 0.29) is 15.6 Å². The van der Waals surface area contributed by atoms with Crippen LogP contribution in [0, 0.1) is 0 Å². The molecule has 0 heterocycles. The Hall–Kier alpha value is -0.780. The molecule has 4 nitrogen and oxygen atoms in total. The second-order valence-corrected chi connectivity index (χ2v) is 4.63. The van der Waals surface area contributed by atoms with Crippen molar-refractivity contribution in [2.45, 2.75) is 18.2 Å². The monoisotopic (exact) mass is 235 g/mol. The smallest absolute Gasteiger partial charge is 0.294 e. The summed E-state index contributed by atoms with van der Waals surface area (Å²) in [5.74, 6) is 0. The summed E-state index contributed by atoms with van der Waals surface area (Å²) in [4.78, 5) is -0.218. The molecule has 0 aliphatic rings. The highest BCUT2D eigenvalue weighted by molar-refractivity contribution is 7.85. The zero-order valence-electron chi connectivity index (χ0n) is 7.49. The molecule has 0 saturated heterocycles. The summed E-state index contributed by atoms with van der Waals surface area (Å²) in [6.07, 6.45) is 0.415. The molecular weight excluding hydrogens is 226 g/mol. The third-order valence-electron chi connectivity index (χ3n) is 1.84. The van der Waals surface area contributed by atoms with E-state index >= 15 is 0 Å². The third kappa shape index (κ3) is 2.17. The van der Waals surface area contributed by atoms with Crippen molar-refractivity contribution in [3.63, 3.8) is 0 Å². The van der Waals surface area contributed by atoms with E-state index in [1.54, 1.807) is 6.92 Å². The van der Waals surface area contributed by atoms with Crippen LogP contribution in [0.1, 0.15) is 12.5 Å². The lowest BCUT2D eigenvalue weighted by atomic mass is 10.1. The number of nitrogen functional groups attached to an aromatic ring is 1. The van der Waals surface area contributed by atoms with Gasteiger partial charge in [-0.1, -0.05) is 18.5 Å². The molecule has 3 N–H and O–H groups in total. The van der Waals surface area contributed by atoms with Crippen molar-refractivity contribution < 1.29 is 13.0 Å². The van der Waals surface area contributed by atoms with Crippen molar-refractivity contribution in [3.8, 4) is 0 Å². The molecule has 14 heavy (non-hydrogen) atoms. The van der Waals surface area contributed by atoms with E-state index < -0.39 is 10.1 Å². The first-order valence-electron chi connectivity index (χ1n) is 3.91. The van der Waals surface area contributed by atoms with E-state index in [2.05, 4.69) is 0 Å². The van der Waals surface area contributed by atoms with E-state index in [0.717, 1.165) is 0 Å². The molecule has 0 aliphatic heterocycles. The topological polar surface area (TPSA) is 80.4 Å². The van der Waals surface area contributed by atoms with E-state index in [0.29, 0.717) is 12.0 Å². The summed E-state index contributed by atoms with van der Waals surface area (Å²) < 4.78 is 30.8. The van der Waals surface area contributed by atoms with Crippen LogP contribution in [0.15, 0.2) is 17.0 Å². The van der Waals surface area contributed by atoms with Gasteiger partial charge in [0.15, 0.2) is 0 Å². The van der Waals surface area contributed by atoms with Crippen molar-refractivity contribution in [1.82, 2.24) is 0 Å². The molecule has 1 aromatic carbocycles. The Kier molecular flexibility index (Phi) is 3.04. The molecule has 1 rings (SSSR count). The first-order chi connectivity index (χ1) is 6.36. The van der Waals surface area contributed by atoms with Gasteiger partial charge in [0, 0.05) is 10.7 Å². The Morgan fingerprint density at radius 1 is 1.50 bits per heavy atom. The Morgan fingerprint density at radius 2 is 2.07 bits per heavy atom. The van der Waals surface area contributed by atoms with E-state index in [9.17, 15) is 8.42 Å². The Balaban J connectivity index is 3.56. The van der Waals surface area contributed by atoms with Crippen LogP contribution in [0.25, 0.3) is 0 Å². The van der Waals surface area contributed by atoms with Crippen LogP contribution >= 0.6 is 11.6 Å². The van der Waals surface area contributed by atoms with Crippen LogP contribution in [-0.4, -0.2) is 13.0 Å². The number of hydrogen-bond donors (Lipinski definition) is 2. The largest absolute Gasteiger partial charge is 0.398 e. The molecule has 0 amide bonds. The van der Waals surface area contributed by atoms with Gasteiger partial charge in [0.05, 0.1) is 0 Å². The number of nitrogens with two attached hydrogens (primary N) is 1. The maximum atomic E-state index is 11.0. The number of rotatable bonds is 2. The Morgan fingerprint density at radius 3 is 2.50 bits per heavy atom. The van der Waals surface area contributed by atoms with Crippen LogP contribution in [0.5, 0.6) is 0 Å². The predicted molar refractivity (Wildman–Crippen MR) is 55.1 cm³/mol. The molecule has 0 aliphatic carbocycles. The first kappa shape index (κ1) is 11.3. The summed E-state index contributed by atoms with van der Waals surface area (Å²) in [6, 6.07) is 2.64. The van der Waals surface area contributed by atoms with Crippen LogP contribution in [0.4, 0.5) is 5.69 Å². The molecule has 78 valence electrons.